The number of carbonyl (C=O) groups excluding carboxylic acids is 2. The van der Waals surface area contributed by atoms with Gasteiger partial charge in [-0.3, -0.25) is 9.59 Å². The monoisotopic (exact) mass is 304 g/mol. The lowest BCUT2D eigenvalue weighted by atomic mass is 10.1. The Labute approximate surface area is 117 Å². The van der Waals surface area contributed by atoms with Crippen molar-refractivity contribution in [2.45, 2.75) is 25.1 Å². The Hall–Kier alpha value is -2.12. The molecule has 0 saturated heterocycles. The lowest BCUT2D eigenvalue weighted by molar-refractivity contribution is -0.137. The molecule has 21 heavy (non-hydrogen) atoms. The van der Waals surface area contributed by atoms with Crippen LogP contribution in [0.2, 0.25) is 0 Å². The lowest BCUT2D eigenvalue weighted by Gasteiger charge is -2.10. The number of hydrogen-bond acceptors (Lipinski definition) is 2. The summed E-state index contributed by atoms with van der Waals surface area (Å²) in [4.78, 5) is 23.0. The first-order valence-electron chi connectivity index (χ1n) is 6.21. The van der Waals surface area contributed by atoms with Crippen molar-refractivity contribution < 1.29 is 27.2 Å². The number of benzene rings is 1. The molecule has 1 fully saturated rings. The first kappa shape index (κ1) is 15.3. The molecule has 0 heterocycles. The summed E-state index contributed by atoms with van der Waals surface area (Å²) in [5, 5.41) is 4.68. The third kappa shape index (κ3) is 4.17. The largest absolute Gasteiger partial charge is 0.416 e. The molecule has 1 aromatic rings. The quantitative estimate of drug-likeness (QED) is 0.834. The zero-order valence-corrected chi connectivity index (χ0v) is 10.8. The molecule has 1 aliphatic rings. The van der Waals surface area contributed by atoms with Crippen LogP contribution in [0.5, 0.6) is 0 Å². The van der Waals surface area contributed by atoms with Gasteiger partial charge in [0.05, 0.1) is 17.7 Å². The summed E-state index contributed by atoms with van der Waals surface area (Å²) in [7, 11) is 0. The van der Waals surface area contributed by atoms with Crippen LogP contribution in [-0.2, 0) is 11.0 Å². The van der Waals surface area contributed by atoms with Crippen molar-refractivity contribution in [1.82, 2.24) is 10.6 Å². The predicted octanol–water partition coefficient (Wildman–Crippen LogP) is 1.85. The minimum absolute atomic E-state index is 0.0969. The molecule has 0 aliphatic heterocycles. The molecular formula is C13H12F4N2O2. The molecule has 1 aliphatic carbocycles. The van der Waals surface area contributed by atoms with E-state index in [2.05, 4.69) is 10.6 Å². The van der Waals surface area contributed by atoms with Crippen LogP contribution in [0.15, 0.2) is 18.2 Å². The Kier molecular flexibility index (Phi) is 4.15. The molecule has 1 aromatic carbocycles. The van der Waals surface area contributed by atoms with Crippen molar-refractivity contribution in [3.63, 3.8) is 0 Å². The SMILES string of the molecule is O=C(CNC(=O)c1cc(C(F)(F)F)ccc1F)NC1CC1. The summed E-state index contributed by atoms with van der Waals surface area (Å²) < 4.78 is 51.0. The van der Waals surface area contributed by atoms with E-state index in [1.807, 2.05) is 0 Å². The molecule has 0 aromatic heterocycles. The highest BCUT2D eigenvalue weighted by Crippen LogP contribution is 2.30. The zero-order chi connectivity index (χ0) is 15.6. The van der Waals surface area contributed by atoms with E-state index in [-0.39, 0.29) is 6.04 Å². The van der Waals surface area contributed by atoms with Gasteiger partial charge in [0.15, 0.2) is 0 Å². The first-order valence-corrected chi connectivity index (χ1v) is 6.21. The molecule has 4 nitrogen and oxygen atoms in total. The normalized spacial score (nSPS) is 14.7. The number of hydrogen-bond donors (Lipinski definition) is 2. The van der Waals surface area contributed by atoms with Gasteiger partial charge in [-0.25, -0.2) is 4.39 Å². The van der Waals surface area contributed by atoms with Crippen LogP contribution in [0.25, 0.3) is 0 Å². The highest BCUT2D eigenvalue weighted by atomic mass is 19.4. The molecule has 0 bridgehead atoms. The second kappa shape index (κ2) is 5.71. The van der Waals surface area contributed by atoms with Gasteiger partial charge in [-0.15, -0.1) is 0 Å². The number of rotatable bonds is 4. The number of halogens is 4. The maximum absolute atomic E-state index is 13.4. The lowest BCUT2D eigenvalue weighted by Crippen LogP contribution is -2.38. The van der Waals surface area contributed by atoms with Gasteiger partial charge in [-0.05, 0) is 31.0 Å². The summed E-state index contributed by atoms with van der Waals surface area (Å²) in [5.41, 5.74) is -1.87. The zero-order valence-electron chi connectivity index (χ0n) is 10.8. The van der Waals surface area contributed by atoms with E-state index in [1.54, 1.807) is 0 Å². The Bertz CT molecular complexity index is 568. The molecule has 2 rings (SSSR count). The van der Waals surface area contributed by atoms with E-state index in [4.69, 9.17) is 0 Å². The minimum Gasteiger partial charge on any atom is -0.352 e. The molecule has 0 spiro atoms. The maximum atomic E-state index is 13.4. The Morgan fingerprint density at radius 2 is 1.90 bits per heavy atom. The topological polar surface area (TPSA) is 58.2 Å². The minimum atomic E-state index is -4.67. The van der Waals surface area contributed by atoms with E-state index in [0.717, 1.165) is 12.8 Å². The summed E-state index contributed by atoms with van der Waals surface area (Å²) >= 11 is 0. The van der Waals surface area contributed by atoms with Gasteiger partial charge in [-0.1, -0.05) is 0 Å². The molecule has 0 radical (unpaired) electrons. The number of alkyl halides is 3. The molecule has 0 atom stereocenters. The van der Waals surface area contributed by atoms with Crippen LogP contribution in [0.1, 0.15) is 28.8 Å². The van der Waals surface area contributed by atoms with Gasteiger partial charge >= 0.3 is 6.18 Å². The van der Waals surface area contributed by atoms with Gasteiger partial charge in [0.2, 0.25) is 5.91 Å². The van der Waals surface area contributed by atoms with E-state index < -0.39 is 41.5 Å². The fourth-order valence-electron chi connectivity index (χ4n) is 1.64. The Morgan fingerprint density at radius 1 is 1.24 bits per heavy atom. The molecule has 1 saturated carbocycles. The van der Waals surface area contributed by atoms with Crippen molar-refractivity contribution in [1.29, 1.82) is 0 Å². The molecule has 0 unspecified atom stereocenters. The summed E-state index contributed by atoms with van der Waals surface area (Å²) in [6.07, 6.45) is -2.95. The smallest absolute Gasteiger partial charge is 0.352 e. The molecule has 2 amide bonds. The average molecular weight is 304 g/mol. The van der Waals surface area contributed by atoms with Crippen LogP contribution in [0.3, 0.4) is 0 Å². The second-order valence-electron chi connectivity index (χ2n) is 4.72. The molecular weight excluding hydrogens is 292 g/mol. The summed E-state index contributed by atoms with van der Waals surface area (Å²) in [6.45, 7) is -0.412. The highest BCUT2D eigenvalue weighted by Gasteiger charge is 2.32. The van der Waals surface area contributed by atoms with Crippen molar-refractivity contribution in [3.05, 3.63) is 35.1 Å². The van der Waals surface area contributed by atoms with Gasteiger partial charge < -0.3 is 10.6 Å². The highest BCUT2D eigenvalue weighted by molar-refractivity contribution is 5.96. The number of nitrogens with one attached hydrogen (secondary N) is 2. The fraction of sp³-hybridized carbons (Fsp3) is 0.385. The fourth-order valence-corrected chi connectivity index (χ4v) is 1.64. The van der Waals surface area contributed by atoms with E-state index >= 15 is 0 Å². The number of amides is 2. The summed E-state index contributed by atoms with van der Waals surface area (Å²) in [6, 6.07) is 1.64. The van der Waals surface area contributed by atoms with Crippen molar-refractivity contribution in [2.24, 2.45) is 0 Å². The third-order valence-electron chi connectivity index (χ3n) is 2.89. The van der Waals surface area contributed by atoms with Crippen LogP contribution in [-0.4, -0.2) is 24.4 Å². The standard InChI is InChI=1S/C13H12F4N2O2/c14-10-4-1-7(13(15,16)17)5-9(10)12(21)18-6-11(20)19-8-2-3-8/h1,4-5,8H,2-3,6H2,(H,18,21)(H,19,20). The van der Waals surface area contributed by atoms with E-state index in [1.165, 1.54) is 0 Å². The van der Waals surface area contributed by atoms with Gasteiger partial charge in [-0.2, -0.15) is 13.2 Å². The molecule has 2 N–H and O–H groups in total. The van der Waals surface area contributed by atoms with Crippen LogP contribution < -0.4 is 10.6 Å². The van der Waals surface area contributed by atoms with E-state index in [0.29, 0.717) is 18.2 Å². The van der Waals surface area contributed by atoms with Crippen molar-refractivity contribution in [3.8, 4) is 0 Å². The van der Waals surface area contributed by atoms with Gasteiger partial charge in [0.25, 0.3) is 5.91 Å². The van der Waals surface area contributed by atoms with Gasteiger partial charge in [0, 0.05) is 6.04 Å². The first-order chi connectivity index (χ1) is 9.77. The van der Waals surface area contributed by atoms with Crippen LogP contribution in [0.4, 0.5) is 17.6 Å². The van der Waals surface area contributed by atoms with Gasteiger partial charge in [0.1, 0.15) is 5.82 Å². The predicted molar refractivity (Wildman–Crippen MR) is 64.9 cm³/mol. The molecule has 8 heteroatoms. The Balaban J connectivity index is 2.02. The average Bonchev–Trinajstić information content (AvgIpc) is 3.19. The molecule has 114 valence electrons. The van der Waals surface area contributed by atoms with E-state index in [9.17, 15) is 27.2 Å². The Morgan fingerprint density at radius 3 is 2.48 bits per heavy atom. The second-order valence-corrected chi connectivity index (χ2v) is 4.72. The van der Waals surface area contributed by atoms with Crippen molar-refractivity contribution >= 4 is 11.8 Å². The van der Waals surface area contributed by atoms with Crippen molar-refractivity contribution in [2.75, 3.05) is 6.54 Å². The maximum Gasteiger partial charge on any atom is 0.416 e. The number of carbonyl (C=O) groups is 2. The van der Waals surface area contributed by atoms with Crippen LogP contribution >= 0.6 is 0 Å². The van der Waals surface area contributed by atoms with Crippen LogP contribution in [0, 0.1) is 5.82 Å². The summed E-state index contributed by atoms with van der Waals surface area (Å²) in [5.74, 6) is -2.61. The third-order valence-corrected chi connectivity index (χ3v) is 2.89.